The SMILES string of the molecule is CCCc1cc(OCCOc2cc(CCC)c3ccc(=O)oc3c2)cc2oc(=O)ccc12. The molecule has 32 heavy (non-hydrogen) atoms. The highest BCUT2D eigenvalue weighted by Gasteiger charge is 2.09. The fourth-order valence-corrected chi connectivity index (χ4v) is 3.89. The standard InChI is InChI=1S/C26H26O6/c1-3-5-17-13-19(15-23-21(17)7-9-25(27)31-23)29-11-12-30-20-14-18(6-4-2)22-8-10-26(28)32-24(22)16-20/h7-10,13-16H,3-6,11-12H2,1-2H3. The number of ether oxygens (including phenoxy) is 2. The first kappa shape index (κ1) is 21.7. The number of benzene rings is 2. The predicted octanol–water partition coefficient (Wildman–Crippen LogP) is 5.26. The van der Waals surface area contributed by atoms with Gasteiger partial charge in [-0.15, -0.1) is 0 Å². The molecule has 6 heteroatoms. The Morgan fingerprint density at radius 2 is 1.09 bits per heavy atom. The van der Waals surface area contributed by atoms with E-state index in [2.05, 4.69) is 13.8 Å². The van der Waals surface area contributed by atoms with E-state index in [9.17, 15) is 9.59 Å². The van der Waals surface area contributed by atoms with Gasteiger partial charge in [-0.3, -0.25) is 0 Å². The van der Waals surface area contributed by atoms with Crippen molar-refractivity contribution in [2.75, 3.05) is 13.2 Å². The van der Waals surface area contributed by atoms with Crippen LogP contribution >= 0.6 is 0 Å². The van der Waals surface area contributed by atoms with Crippen LogP contribution in [0, 0.1) is 0 Å². The van der Waals surface area contributed by atoms with Gasteiger partial charge in [0.05, 0.1) is 0 Å². The zero-order chi connectivity index (χ0) is 22.5. The molecule has 0 unspecified atom stereocenters. The van der Waals surface area contributed by atoms with Crippen LogP contribution in [0.2, 0.25) is 0 Å². The molecule has 4 aromatic rings. The molecule has 0 aliphatic carbocycles. The van der Waals surface area contributed by atoms with Gasteiger partial charge in [-0.25, -0.2) is 9.59 Å². The van der Waals surface area contributed by atoms with E-state index in [4.69, 9.17) is 18.3 Å². The van der Waals surface area contributed by atoms with E-state index in [1.54, 1.807) is 24.3 Å². The summed E-state index contributed by atoms with van der Waals surface area (Å²) in [6.07, 6.45) is 3.67. The predicted molar refractivity (Wildman–Crippen MR) is 124 cm³/mol. The molecular formula is C26H26O6. The first-order valence-electron chi connectivity index (χ1n) is 11.0. The Morgan fingerprint density at radius 3 is 1.50 bits per heavy atom. The summed E-state index contributed by atoms with van der Waals surface area (Å²) in [5.74, 6) is 1.27. The Labute approximate surface area is 185 Å². The Bertz CT molecular complexity index is 1240. The van der Waals surface area contributed by atoms with Crippen LogP contribution in [0.15, 0.2) is 67.0 Å². The number of hydrogen-bond acceptors (Lipinski definition) is 6. The van der Waals surface area contributed by atoms with Gasteiger partial charge in [-0.05, 0) is 48.2 Å². The number of rotatable bonds is 9. The van der Waals surface area contributed by atoms with Crippen LogP contribution in [-0.2, 0) is 12.8 Å². The number of aryl methyl sites for hydroxylation is 2. The third-order valence-electron chi connectivity index (χ3n) is 5.26. The maximum Gasteiger partial charge on any atom is 0.336 e. The van der Waals surface area contributed by atoms with E-state index in [1.807, 2.05) is 12.1 Å². The van der Waals surface area contributed by atoms with Crippen molar-refractivity contribution in [1.29, 1.82) is 0 Å². The van der Waals surface area contributed by atoms with Gasteiger partial charge < -0.3 is 18.3 Å². The maximum absolute atomic E-state index is 11.6. The smallest absolute Gasteiger partial charge is 0.336 e. The fraction of sp³-hybridized carbons (Fsp3) is 0.308. The highest BCUT2D eigenvalue weighted by atomic mass is 16.5. The van der Waals surface area contributed by atoms with Gasteiger partial charge in [0, 0.05) is 35.0 Å². The molecule has 0 spiro atoms. The van der Waals surface area contributed by atoms with Gasteiger partial charge in [-0.2, -0.15) is 0 Å². The second kappa shape index (κ2) is 9.73. The van der Waals surface area contributed by atoms with E-state index in [1.165, 1.54) is 12.1 Å². The van der Waals surface area contributed by atoms with E-state index >= 15 is 0 Å². The summed E-state index contributed by atoms with van der Waals surface area (Å²) < 4.78 is 22.5. The van der Waals surface area contributed by atoms with Crippen LogP contribution in [0.5, 0.6) is 11.5 Å². The van der Waals surface area contributed by atoms with Crippen molar-refractivity contribution in [3.8, 4) is 11.5 Å². The van der Waals surface area contributed by atoms with Crippen LogP contribution in [0.3, 0.4) is 0 Å². The van der Waals surface area contributed by atoms with Crippen molar-refractivity contribution in [2.45, 2.75) is 39.5 Å². The lowest BCUT2D eigenvalue weighted by molar-refractivity contribution is 0.217. The van der Waals surface area contributed by atoms with Crippen molar-refractivity contribution in [3.63, 3.8) is 0 Å². The van der Waals surface area contributed by atoms with Crippen molar-refractivity contribution >= 4 is 21.9 Å². The van der Waals surface area contributed by atoms with Crippen molar-refractivity contribution < 1.29 is 18.3 Å². The third kappa shape index (κ3) is 4.85. The van der Waals surface area contributed by atoms with E-state index in [0.29, 0.717) is 35.9 Å². The quantitative estimate of drug-likeness (QED) is 0.264. The molecule has 0 bridgehead atoms. The first-order valence-corrected chi connectivity index (χ1v) is 11.0. The van der Waals surface area contributed by atoms with Gasteiger partial charge >= 0.3 is 11.3 Å². The van der Waals surface area contributed by atoms with Crippen molar-refractivity contribution in [1.82, 2.24) is 0 Å². The molecule has 0 aliphatic heterocycles. The maximum atomic E-state index is 11.6. The summed E-state index contributed by atoms with van der Waals surface area (Å²) in [5, 5.41) is 1.85. The van der Waals surface area contributed by atoms with Crippen LogP contribution in [0.4, 0.5) is 0 Å². The molecule has 0 fully saturated rings. The minimum Gasteiger partial charge on any atom is -0.490 e. The van der Waals surface area contributed by atoms with Crippen LogP contribution in [0.25, 0.3) is 21.9 Å². The Morgan fingerprint density at radius 1 is 0.656 bits per heavy atom. The highest BCUT2D eigenvalue weighted by Crippen LogP contribution is 2.27. The second-order valence-corrected chi connectivity index (χ2v) is 7.69. The molecule has 0 N–H and O–H groups in total. The molecule has 2 aromatic carbocycles. The lowest BCUT2D eigenvalue weighted by atomic mass is 10.0. The van der Waals surface area contributed by atoms with Crippen molar-refractivity contribution in [3.05, 3.63) is 80.5 Å². The summed E-state index contributed by atoms with van der Waals surface area (Å²) in [6.45, 7) is 4.83. The molecule has 2 aromatic heterocycles. The minimum atomic E-state index is -0.383. The highest BCUT2D eigenvalue weighted by molar-refractivity contribution is 5.82. The zero-order valence-corrected chi connectivity index (χ0v) is 18.3. The molecule has 0 amide bonds. The summed E-state index contributed by atoms with van der Waals surface area (Å²) in [7, 11) is 0. The van der Waals surface area contributed by atoms with Crippen LogP contribution < -0.4 is 20.7 Å². The van der Waals surface area contributed by atoms with E-state index in [-0.39, 0.29) is 11.3 Å². The molecule has 166 valence electrons. The van der Waals surface area contributed by atoms with Gasteiger partial charge in [0.2, 0.25) is 0 Å². The zero-order valence-electron chi connectivity index (χ0n) is 18.3. The summed E-state index contributed by atoms with van der Waals surface area (Å²) in [5.41, 5.74) is 2.44. The Hall–Kier alpha value is -3.54. The van der Waals surface area contributed by atoms with Crippen molar-refractivity contribution in [2.24, 2.45) is 0 Å². The summed E-state index contributed by atoms with van der Waals surface area (Å²) >= 11 is 0. The molecule has 0 aliphatic rings. The van der Waals surface area contributed by atoms with Crippen LogP contribution in [-0.4, -0.2) is 13.2 Å². The lowest BCUT2D eigenvalue weighted by Crippen LogP contribution is -2.10. The first-order chi connectivity index (χ1) is 15.6. The molecule has 2 heterocycles. The minimum absolute atomic E-state index is 0.314. The largest absolute Gasteiger partial charge is 0.490 e. The molecule has 6 nitrogen and oxygen atoms in total. The molecule has 0 saturated carbocycles. The lowest BCUT2D eigenvalue weighted by Gasteiger charge is -2.12. The molecular weight excluding hydrogens is 408 g/mol. The third-order valence-corrected chi connectivity index (χ3v) is 5.26. The van der Waals surface area contributed by atoms with Gasteiger partial charge in [0.15, 0.2) is 0 Å². The van der Waals surface area contributed by atoms with E-state index < -0.39 is 0 Å². The molecule has 4 rings (SSSR count). The second-order valence-electron chi connectivity index (χ2n) is 7.69. The number of fused-ring (bicyclic) bond motifs is 2. The van der Waals surface area contributed by atoms with Gasteiger partial charge in [-0.1, -0.05) is 26.7 Å². The fourth-order valence-electron chi connectivity index (χ4n) is 3.89. The topological polar surface area (TPSA) is 78.9 Å². The molecule has 0 atom stereocenters. The Kier molecular flexibility index (Phi) is 6.59. The monoisotopic (exact) mass is 434 g/mol. The van der Waals surface area contributed by atoms with Crippen LogP contribution in [0.1, 0.15) is 37.8 Å². The summed E-state index contributed by atoms with van der Waals surface area (Å²) in [4.78, 5) is 23.2. The Balaban J connectivity index is 1.48. The van der Waals surface area contributed by atoms with E-state index in [0.717, 1.165) is 47.6 Å². The average Bonchev–Trinajstić information content (AvgIpc) is 2.76. The molecule has 0 saturated heterocycles. The van der Waals surface area contributed by atoms with Gasteiger partial charge in [0.25, 0.3) is 0 Å². The van der Waals surface area contributed by atoms with Gasteiger partial charge in [0.1, 0.15) is 35.9 Å². The average molecular weight is 434 g/mol. The molecule has 0 radical (unpaired) electrons. The summed E-state index contributed by atoms with van der Waals surface area (Å²) in [6, 6.07) is 13.9. The normalized spacial score (nSPS) is 11.2. The number of hydrogen-bond donors (Lipinski definition) is 0.